The monoisotopic (exact) mass is 887 g/mol. The third kappa shape index (κ3) is 8.35. The van der Waals surface area contributed by atoms with Crippen molar-refractivity contribution in [3.05, 3.63) is 128 Å². The van der Waals surface area contributed by atoms with Crippen molar-refractivity contribution in [2.45, 2.75) is 67.0 Å². The van der Waals surface area contributed by atoms with Gasteiger partial charge in [0.05, 0.1) is 40.6 Å². The fourth-order valence-corrected chi connectivity index (χ4v) is 9.30. The zero-order valence-electron chi connectivity index (χ0n) is 36.8. The summed E-state index contributed by atoms with van der Waals surface area (Å²) in [6, 6.07) is 18.6. The SMILES string of the molecule is Cc1cccc(Cn2c(C(=O)O)cc3cc(OCCN(C)C)cc(N4C[C@@H](C)n5c(c(CCCOc6cc(C)c(Cl)c(C)c6)c6ccc(Cl)c(-c7c(C)ncnc7C)c65)C4=O)c32)n1. The summed E-state index contributed by atoms with van der Waals surface area (Å²) >= 11 is 13.6. The molecule has 63 heavy (non-hydrogen) atoms. The molecule has 326 valence electrons. The smallest absolute Gasteiger partial charge is 0.352 e. The fraction of sp³-hybridized carbons (Fsp3) is 0.327. The van der Waals surface area contributed by atoms with E-state index in [9.17, 15) is 9.90 Å². The average molecular weight is 889 g/mol. The number of carboxylic acid groups (broad SMARTS) is 1. The van der Waals surface area contributed by atoms with E-state index in [4.69, 9.17) is 37.7 Å². The van der Waals surface area contributed by atoms with E-state index in [0.29, 0.717) is 71.4 Å². The molecule has 7 aromatic rings. The minimum atomic E-state index is -1.09. The van der Waals surface area contributed by atoms with Crippen LogP contribution in [-0.4, -0.2) is 86.4 Å². The Morgan fingerprint density at radius 3 is 2.27 bits per heavy atom. The average Bonchev–Trinajstić information content (AvgIpc) is 3.76. The Morgan fingerprint density at radius 1 is 0.889 bits per heavy atom. The molecule has 4 aromatic heterocycles. The van der Waals surface area contributed by atoms with Crippen LogP contribution in [0.5, 0.6) is 11.5 Å². The number of aryl methyl sites for hydroxylation is 6. The number of benzene rings is 3. The number of amides is 1. The molecule has 1 amide bonds. The van der Waals surface area contributed by atoms with Crippen molar-refractivity contribution >= 4 is 62.6 Å². The summed E-state index contributed by atoms with van der Waals surface area (Å²) in [6.07, 6.45) is 2.67. The summed E-state index contributed by atoms with van der Waals surface area (Å²) in [6.45, 7) is 13.7. The molecule has 12 nitrogen and oxygen atoms in total. The lowest BCUT2D eigenvalue weighted by molar-refractivity contribution is 0.0686. The van der Waals surface area contributed by atoms with E-state index in [1.165, 1.54) is 0 Å². The predicted octanol–water partition coefficient (Wildman–Crippen LogP) is 10.2. The molecule has 1 atom stereocenters. The number of hydrogen-bond acceptors (Lipinski definition) is 8. The summed E-state index contributed by atoms with van der Waals surface area (Å²) in [5.41, 5.74) is 10.0. The van der Waals surface area contributed by atoms with Crippen LogP contribution in [0.15, 0.2) is 67.0 Å². The van der Waals surface area contributed by atoms with Crippen LogP contribution < -0.4 is 14.4 Å². The minimum absolute atomic E-state index is 0.0773. The first-order chi connectivity index (χ1) is 30.1. The van der Waals surface area contributed by atoms with Crippen LogP contribution in [0.2, 0.25) is 10.0 Å². The zero-order chi connectivity index (χ0) is 44.9. The normalized spacial score (nSPS) is 14.0. The van der Waals surface area contributed by atoms with Crippen molar-refractivity contribution in [1.82, 2.24) is 29.0 Å². The number of aromatic nitrogens is 5. The number of hydrogen-bond donors (Lipinski definition) is 1. The zero-order valence-corrected chi connectivity index (χ0v) is 38.4. The largest absolute Gasteiger partial charge is 0.494 e. The lowest BCUT2D eigenvalue weighted by Gasteiger charge is -2.35. The Labute approximate surface area is 377 Å². The molecule has 8 rings (SSSR count). The number of carbonyl (C=O) groups is 2. The number of halogens is 2. The van der Waals surface area contributed by atoms with Gasteiger partial charge in [-0.2, -0.15) is 0 Å². The quantitative estimate of drug-likeness (QED) is 0.106. The van der Waals surface area contributed by atoms with Gasteiger partial charge in [-0.3, -0.25) is 9.78 Å². The van der Waals surface area contributed by atoms with Gasteiger partial charge in [-0.05, 0) is 128 Å². The number of carbonyl (C=O) groups excluding carboxylic acids is 1. The van der Waals surface area contributed by atoms with E-state index in [1.54, 1.807) is 21.9 Å². The number of ether oxygens (including phenoxy) is 2. The number of rotatable bonds is 14. The van der Waals surface area contributed by atoms with Crippen LogP contribution in [0.1, 0.15) is 79.8 Å². The molecule has 0 saturated carbocycles. The summed E-state index contributed by atoms with van der Waals surface area (Å²) in [4.78, 5) is 46.3. The molecule has 1 aliphatic rings. The van der Waals surface area contributed by atoms with E-state index in [2.05, 4.69) is 21.5 Å². The van der Waals surface area contributed by atoms with Gasteiger partial charge in [0, 0.05) is 69.2 Å². The summed E-state index contributed by atoms with van der Waals surface area (Å²) < 4.78 is 16.5. The van der Waals surface area contributed by atoms with E-state index in [1.807, 2.05) is 108 Å². The lowest BCUT2D eigenvalue weighted by Crippen LogP contribution is -2.43. The first-order valence-electron chi connectivity index (χ1n) is 21.1. The highest BCUT2D eigenvalue weighted by molar-refractivity contribution is 6.35. The third-order valence-corrected chi connectivity index (χ3v) is 12.7. The number of aromatic carboxylic acids is 1. The second kappa shape index (κ2) is 17.7. The number of anilines is 1. The number of nitrogens with zero attached hydrogens (tertiary/aromatic N) is 7. The second-order valence-corrected chi connectivity index (χ2v) is 17.5. The Hall–Kier alpha value is -5.95. The fourth-order valence-electron chi connectivity index (χ4n) is 8.95. The van der Waals surface area contributed by atoms with Crippen molar-refractivity contribution in [2.75, 3.05) is 45.3 Å². The third-order valence-electron chi connectivity index (χ3n) is 11.8. The van der Waals surface area contributed by atoms with Crippen LogP contribution in [0.4, 0.5) is 5.69 Å². The van der Waals surface area contributed by atoms with E-state index in [-0.39, 0.29) is 30.7 Å². The highest BCUT2D eigenvalue weighted by atomic mass is 35.5. The van der Waals surface area contributed by atoms with Gasteiger partial charge in [0.25, 0.3) is 5.91 Å². The van der Waals surface area contributed by atoms with Gasteiger partial charge in [0.15, 0.2) is 0 Å². The molecule has 5 heterocycles. The Morgan fingerprint density at radius 2 is 1.59 bits per heavy atom. The van der Waals surface area contributed by atoms with Gasteiger partial charge in [-0.15, -0.1) is 0 Å². The van der Waals surface area contributed by atoms with Crippen LogP contribution >= 0.6 is 23.2 Å². The molecule has 0 unspecified atom stereocenters. The molecule has 0 bridgehead atoms. The van der Waals surface area contributed by atoms with Crippen molar-refractivity contribution in [2.24, 2.45) is 0 Å². The number of fused-ring (bicyclic) bond motifs is 4. The Bertz CT molecular complexity index is 2900. The van der Waals surface area contributed by atoms with Crippen LogP contribution in [0.3, 0.4) is 0 Å². The molecule has 1 aliphatic heterocycles. The highest BCUT2D eigenvalue weighted by Gasteiger charge is 2.38. The van der Waals surface area contributed by atoms with Crippen molar-refractivity contribution in [3.8, 4) is 22.6 Å². The van der Waals surface area contributed by atoms with Gasteiger partial charge in [-0.25, -0.2) is 14.8 Å². The standard InChI is InChI=1S/C49H51Cl2N7O5/c1-27-19-35(20-28(2)44(27)51)62-17-10-13-37-38-14-15-39(50)43(42-31(5)52-26-53-32(42)6)46(38)58-30(4)24-57(48(59)47(37)58)40-23-36(63-18-16-55(7)8)21-33-22-41(49(60)61)56(45(33)40)25-34-12-9-11-29(3)54-34/h9,11-12,14-15,19-23,26,30H,10,13,16-18,24-25H2,1-8H3,(H,60,61)/t30-/m1/s1. The maximum Gasteiger partial charge on any atom is 0.352 e. The number of likely N-dealkylation sites (N-methyl/N-ethyl adjacent to an activating group) is 1. The Kier molecular flexibility index (Phi) is 12.3. The molecule has 0 radical (unpaired) electrons. The molecule has 0 saturated heterocycles. The van der Waals surface area contributed by atoms with Crippen molar-refractivity contribution < 1.29 is 24.2 Å². The van der Waals surface area contributed by atoms with Gasteiger partial charge < -0.3 is 33.5 Å². The number of pyridine rings is 1. The van der Waals surface area contributed by atoms with Crippen LogP contribution in [-0.2, 0) is 13.0 Å². The van der Waals surface area contributed by atoms with Crippen molar-refractivity contribution in [3.63, 3.8) is 0 Å². The minimum Gasteiger partial charge on any atom is -0.494 e. The first-order valence-corrected chi connectivity index (χ1v) is 21.8. The van der Waals surface area contributed by atoms with E-state index >= 15 is 4.79 Å². The van der Waals surface area contributed by atoms with E-state index < -0.39 is 5.97 Å². The summed E-state index contributed by atoms with van der Waals surface area (Å²) in [7, 11) is 3.94. The lowest BCUT2D eigenvalue weighted by atomic mass is 9.97. The molecule has 0 aliphatic carbocycles. The first kappa shape index (κ1) is 43.7. The van der Waals surface area contributed by atoms with Gasteiger partial charge in [0.1, 0.15) is 35.8 Å². The molecule has 14 heteroatoms. The number of carboxylic acids is 1. The molecule has 3 aromatic carbocycles. The summed E-state index contributed by atoms with van der Waals surface area (Å²) in [5, 5.41) is 13.4. The highest BCUT2D eigenvalue weighted by Crippen LogP contribution is 2.46. The van der Waals surface area contributed by atoms with E-state index in [0.717, 1.165) is 66.6 Å². The molecule has 0 spiro atoms. The molecule has 0 fully saturated rings. The maximum absolute atomic E-state index is 15.7. The van der Waals surface area contributed by atoms with Gasteiger partial charge >= 0.3 is 5.97 Å². The molecule has 1 N–H and O–H groups in total. The Balaban J connectivity index is 1.31. The van der Waals surface area contributed by atoms with Crippen LogP contribution in [0.25, 0.3) is 32.9 Å². The molecular weight excluding hydrogens is 837 g/mol. The topological polar surface area (TPSA) is 128 Å². The predicted molar refractivity (Wildman–Crippen MR) is 250 cm³/mol. The van der Waals surface area contributed by atoms with Gasteiger partial charge in [0.2, 0.25) is 0 Å². The maximum atomic E-state index is 15.7. The second-order valence-electron chi connectivity index (χ2n) is 16.7. The summed E-state index contributed by atoms with van der Waals surface area (Å²) in [5.74, 6) is -0.0528. The molecular formula is C49H51Cl2N7O5. The van der Waals surface area contributed by atoms with Crippen LogP contribution in [0, 0.1) is 34.6 Å². The van der Waals surface area contributed by atoms with Gasteiger partial charge in [-0.1, -0.05) is 35.3 Å². The van der Waals surface area contributed by atoms with Crippen molar-refractivity contribution in [1.29, 1.82) is 0 Å².